The minimum Gasteiger partial charge on any atom is -0.370 e. The number of hydrogen-bond acceptors (Lipinski definition) is 4. The van der Waals surface area contributed by atoms with E-state index in [9.17, 15) is 13.2 Å². The lowest BCUT2D eigenvalue weighted by Gasteiger charge is -2.04. The molecule has 6 heteroatoms. The second-order valence-electron chi connectivity index (χ2n) is 3.97. The Labute approximate surface area is 106 Å². The number of benzene rings is 1. The van der Waals surface area contributed by atoms with Crippen molar-refractivity contribution in [3.05, 3.63) is 35.4 Å². The van der Waals surface area contributed by atoms with E-state index in [2.05, 4.69) is 0 Å². The standard InChI is InChI=1S/C12H14N2O3S/c13-8-10-3-1-4-11(7-10)9-18(16,17)6-2-5-12(14)15/h1,3-4,7H,2,5-6,9H2,(H2,14,15). The van der Waals surface area contributed by atoms with E-state index in [1.54, 1.807) is 24.3 Å². The van der Waals surface area contributed by atoms with Crippen molar-refractivity contribution in [2.24, 2.45) is 5.73 Å². The van der Waals surface area contributed by atoms with E-state index < -0.39 is 15.7 Å². The minimum atomic E-state index is -3.27. The molecule has 0 saturated heterocycles. The third-order valence-corrected chi connectivity index (χ3v) is 4.01. The Morgan fingerprint density at radius 1 is 1.39 bits per heavy atom. The zero-order valence-electron chi connectivity index (χ0n) is 9.80. The highest BCUT2D eigenvalue weighted by Gasteiger charge is 2.12. The van der Waals surface area contributed by atoms with Crippen molar-refractivity contribution in [3.8, 4) is 6.07 Å². The zero-order chi connectivity index (χ0) is 13.6. The van der Waals surface area contributed by atoms with E-state index in [1.165, 1.54) is 0 Å². The summed E-state index contributed by atoms with van der Waals surface area (Å²) in [6.07, 6.45) is 0.299. The number of nitrogens with zero attached hydrogens (tertiary/aromatic N) is 1. The monoisotopic (exact) mass is 266 g/mol. The van der Waals surface area contributed by atoms with Crippen LogP contribution in [0.3, 0.4) is 0 Å². The summed E-state index contributed by atoms with van der Waals surface area (Å²) in [5, 5.41) is 8.71. The largest absolute Gasteiger partial charge is 0.370 e. The van der Waals surface area contributed by atoms with Crippen LogP contribution >= 0.6 is 0 Å². The van der Waals surface area contributed by atoms with Crippen molar-refractivity contribution in [1.82, 2.24) is 0 Å². The van der Waals surface area contributed by atoms with E-state index >= 15 is 0 Å². The molecule has 0 saturated carbocycles. The van der Waals surface area contributed by atoms with Crippen molar-refractivity contribution < 1.29 is 13.2 Å². The number of carbonyl (C=O) groups is 1. The van der Waals surface area contributed by atoms with Crippen LogP contribution in [0, 0.1) is 11.3 Å². The van der Waals surface area contributed by atoms with Gasteiger partial charge in [0.25, 0.3) is 0 Å². The van der Waals surface area contributed by atoms with E-state index in [0.717, 1.165) is 0 Å². The predicted octanol–water partition coefficient (Wildman–Crippen LogP) is 0.739. The third kappa shape index (κ3) is 4.97. The van der Waals surface area contributed by atoms with Gasteiger partial charge in [-0.15, -0.1) is 0 Å². The normalized spacial score (nSPS) is 10.8. The number of rotatable bonds is 6. The van der Waals surface area contributed by atoms with Gasteiger partial charge < -0.3 is 5.73 Å². The van der Waals surface area contributed by atoms with Crippen LogP contribution in [0.1, 0.15) is 24.0 Å². The molecule has 0 bridgehead atoms. The first-order valence-electron chi connectivity index (χ1n) is 5.41. The summed E-state index contributed by atoms with van der Waals surface area (Å²) in [6, 6.07) is 8.42. The molecule has 1 aromatic carbocycles. The molecule has 0 aliphatic heterocycles. The molecule has 18 heavy (non-hydrogen) atoms. The Morgan fingerprint density at radius 3 is 2.72 bits per heavy atom. The highest BCUT2D eigenvalue weighted by atomic mass is 32.2. The van der Waals surface area contributed by atoms with Gasteiger partial charge in [-0.2, -0.15) is 5.26 Å². The second kappa shape index (κ2) is 6.17. The summed E-state index contributed by atoms with van der Waals surface area (Å²) in [5.74, 6) is -0.703. The Kier molecular flexibility index (Phi) is 4.86. The predicted molar refractivity (Wildman–Crippen MR) is 67.1 cm³/mol. The molecule has 0 aromatic heterocycles. The first kappa shape index (κ1) is 14.2. The van der Waals surface area contributed by atoms with Gasteiger partial charge >= 0.3 is 0 Å². The number of nitrogens with two attached hydrogens (primary N) is 1. The second-order valence-corrected chi connectivity index (χ2v) is 6.16. The van der Waals surface area contributed by atoms with Crippen molar-refractivity contribution >= 4 is 15.7 Å². The molecule has 96 valence electrons. The van der Waals surface area contributed by atoms with Crippen molar-refractivity contribution in [2.75, 3.05) is 5.75 Å². The van der Waals surface area contributed by atoms with Gasteiger partial charge in [0.05, 0.1) is 23.1 Å². The number of nitriles is 1. The summed E-state index contributed by atoms with van der Waals surface area (Å²) in [7, 11) is -3.27. The van der Waals surface area contributed by atoms with Crippen molar-refractivity contribution in [3.63, 3.8) is 0 Å². The van der Waals surface area contributed by atoms with Gasteiger partial charge in [-0.1, -0.05) is 12.1 Å². The molecule has 0 atom stereocenters. The lowest BCUT2D eigenvalue weighted by molar-refractivity contribution is -0.118. The fraction of sp³-hybridized carbons (Fsp3) is 0.333. The van der Waals surface area contributed by atoms with Gasteiger partial charge in [0, 0.05) is 6.42 Å². The molecule has 5 nitrogen and oxygen atoms in total. The van der Waals surface area contributed by atoms with Gasteiger partial charge in [-0.05, 0) is 24.1 Å². The Hall–Kier alpha value is -1.87. The number of amides is 1. The van der Waals surface area contributed by atoms with Crippen molar-refractivity contribution in [1.29, 1.82) is 5.26 Å². The molecular weight excluding hydrogens is 252 g/mol. The molecule has 1 aromatic rings. The number of hydrogen-bond donors (Lipinski definition) is 1. The molecule has 0 aliphatic carbocycles. The fourth-order valence-corrected chi connectivity index (χ4v) is 2.94. The summed E-state index contributed by atoms with van der Waals surface area (Å²) in [4.78, 5) is 10.5. The van der Waals surface area contributed by atoms with E-state index in [0.29, 0.717) is 11.1 Å². The number of carbonyl (C=O) groups excluding carboxylic acids is 1. The van der Waals surface area contributed by atoms with Crippen molar-refractivity contribution in [2.45, 2.75) is 18.6 Å². The Balaban J connectivity index is 2.65. The van der Waals surface area contributed by atoms with E-state index in [1.807, 2.05) is 6.07 Å². The average Bonchev–Trinajstić information content (AvgIpc) is 2.27. The van der Waals surface area contributed by atoms with Gasteiger partial charge in [0.1, 0.15) is 0 Å². The maximum Gasteiger partial charge on any atom is 0.217 e. The fourth-order valence-electron chi connectivity index (χ4n) is 1.52. The lowest BCUT2D eigenvalue weighted by Crippen LogP contribution is -2.14. The maximum absolute atomic E-state index is 11.7. The van der Waals surface area contributed by atoms with Crippen LogP contribution in [0.4, 0.5) is 0 Å². The Bertz CT molecular complexity index is 573. The third-order valence-electron chi connectivity index (χ3n) is 2.32. The van der Waals surface area contributed by atoms with Crippen LogP contribution in [0.15, 0.2) is 24.3 Å². The molecule has 1 rings (SSSR count). The quantitative estimate of drug-likeness (QED) is 0.820. The molecule has 0 unspecified atom stereocenters. The van der Waals surface area contributed by atoms with Crippen LogP contribution in [0.5, 0.6) is 0 Å². The van der Waals surface area contributed by atoms with Crippen LogP contribution in [-0.2, 0) is 20.4 Å². The minimum absolute atomic E-state index is 0.0669. The van der Waals surface area contributed by atoms with Gasteiger partial charge in [0.15, 0.2) is 9.84 Å². The molecule has 1 amide bonds. The number of primary amides is 1. The molecule has 0 spiro atoms. The van der Waals surface area contributed by atoms with Crippen LogP contribution in [0.2, 0.25) is 0 Å². The smallest absolute Gasteiger partial charge is 0.217 e. The molecule has 0 heterocycles. The SMILES string of the molecule is N#Cc1cccc(CS(=O)(=O)CCCC(N)=O)c1. The summed E-state index contributed by atoms with van der Waals surface area (Å²) < 4.78 is 23.5. The summed E-state index contributed by atoms with van der Waals surface area (Å²) >= 11 is 0. The summed E-state index contributed by atoms with van der Waals surface area (Å²) in [6.45, 7) is 0. The molecule has 0 fully saturated rings. The van der Waals surface area contributed by atoms with Crippen LogP contribution in [0.25, 0.3) is 0 Å². The molecule has 2 N–H and O–H groups in total. The molecule has 0 aliphatic rings. The van der Waals surface area contributed by atoms with Gasteiger partial charge in [-0.25, -0.2) is 8.42 Å². The Morgan fingerprint density at radius 2 is 2.11 bits per heavy atom. The molecular formula is C12H14N2O3S. The van der Waals surface area contributed by atoms with E-state index in [4.69, 9.17) is 11.0 Å². The van der Waals surface area contributed by atoms with Crippen LogP contribution in [-0.4, -0.2) is 20.1 Å². The lowest BCUT2D eigenvalue weighted by atomic mass is 10.2. The van der Waals surface area contributed by atoms with Gasteiger partial charge in [0.2, 0.25) is 5.91 Å². The molecule has 0 radical (unpaired) electrons. The van der Waals surface area contributed by atoms with Gasteiger partial charge in [-0.3, -0.25) is 4.79 Å². The topological polar surface area (TPSA) is 101 Å². The van der Waals surface area contributed by atoms with E-state index in [-0.39, 0.29) is 24.3 Å². The maximum atomic E-state index is 11.7. The average molecular weight is 266 g/mol. The zero-order valence-corrected chi connectivity index (χ0v) is 10.6. The van der Waals surface area contributed by atoms with Crippen LogP contribution < -0.4 is 5.73 Å². The summed E-state index contributed by atoms with van der Waals surface area (Å²) in [5.41, 5.74) is 5.95. The highest BCUT2D eigenvalue weighted by Crippen LogP contribution is 2.10. The first-order valence-corrected chi connectivity index (χ1v) is 7.23. The highest BCUT2D eigenvalue weighted by molar-refractivity contribution is 7.90. The number of sulfone groups is 1. The first-order chi connectivity index (χ1) is 8.43.